The summed E-state index contributed by atoms with van der Waals surface area (Å²) in [5.74, 6) is 0. The molecule has 0 amide bonds. The van der Waals surface area contributed by atoms with E-state index >= 15 is 0 Å². The van der Waals surface area contributed by atoms with Crippen molar-refractivity contribution in [1.29, 1.82) is 0 Å². The van der Waals surface area contributed by atoms with E-state index in [0.29, 0.717) is 0 Å². The summed E-state index contributed by atoms with van der Waals surface area (Å²) in [6, 6.07) is 11.1. The van der Waals surface area contributed by atoms with Gasteiger partial charge in [0.15, 0.2) is 0 Å². The molecule has 0 aliphatic heterocycles. The Morgan fingerprint density at radius 3 is 2.14 bits per heavy atom. The summed E-state index contributed by atoms with van der Waals surface area (Å²) in [5, 5.41) is 3.63. The highest BCUT2D eigenvalue weighted by molar-refractivity contribution is 9.11. The topological polar surface area (TPSA) is 12.0 Å². The van der Waals surface area contributed by atoms with Gasteiger partial charge in [0, 0.05) is 8.95 Å². The van der Waals surface area contributed by atoms with Gasteiger partial charge in [-0.3, -0.25) is 0 Å². The first kappa shape index (κ1) is 16.7. The molecule has 2 aromatic rings. The van der Waals surface area contributed by atoms with Crippen LogP contribution >= 0.6 is 31.9 Å². The maximum absolute atomic E-state index is 3.71. The predicted molar refractivity (Wildman–Crippen MR) is 98.0 cm³/mol. The van der Waals surface area contributed by atoms with Crippen molar-refractivity contribution in [3.8, 4) is 0 Å². The third kappa shape index (κ3) is 3.77. The Kier molecular flexibility index (Phi) is 5.64. The maximum atomic E-state index is 3.71. The minimum Gasteiger partial charge on any atom is -0.306 e. The van der Waals surface area contributed by atoms with E-state index in [0.717, 1.165) is 15.5 Å². The van der Waals surface area contributed by atoms with Gasteiger partial charge >= 0.3 is 0 Å². The zero-order valence-corrected chi connectivity index (χ0v) is 16.1. The summed E-state index contributed by atoms with van der Waals surface area (Å²) < 4.78 is 2.22. The quantitative estimate of drug-likeness (QED) is 0.667. The second kappa shape index (κ2) is 7.08. The van der Waals surface area contributed by atoms with Crippen LogP contribution in [0, 0.1) is 20.8 Å². The Morgan fingerprint density at radius 1 is 1.00 bits per heavy atom. The van der Waals surface area contributed by atoms with Crippen LogP contribution in [0.1, 0.15) is 40.8 Å². The first-order chi connectivity index (χ1) is 9.93. The molecule has 0 fully saturated rings. The minimum atomic E-state index is 0.207. The number of benzene rings is 2. The molecule has 21 heavy (non-hydrogen) atoms. The zero-order chi connectivity index (χ0) is 15.6. The standard InChI is InChI=1S/C18H21Br2N/c1-5-21-18(15-7-6-14(19)10-16(15)20)17-12(3)8-11(2)9-13(17)4/h6-10,18,21H,5H2,1-4H3. The third-order valence-corrected chi connectivity index (χ3v) is 4.89. The molecule has 0 saturated heterocycles. The van der Waals surface area contributed by atoms with Crippen LogP contribution in [0.2, 0.25) is 0 Å². The fourth-order valence-electron chi connectivity index (χ4n) is 2.95. The Balaban J connectivity index is 2.59. The van der Waals surface area contributed by atoms with Crippen molar-refractivity contribution >= 4 is 31.9 Å². The average Bonchev–Trinajstić information content (AvgIpc) is 2.37. The van der Waals surface area contributed by atoms with Crippen molar-refractivity contribution in [2.24, 2.45) is 0 Å². The second-order valence-electron chi connectivity index (χ2n) is 5.47. The SMILES string of the molecule is CCNC(c1ccc(Br)cc1Br)c1c(C)cc(C)cc1C. The molecule has 0 bridgehead atoms. The van der Waals surface area contributed by atoms with Gasteiger partial charge in [-0.2, -0.15) is 0 Å². The fraction of sp³-hybridized carbons (Fsp3) is 0.333. The molecule has 112 valence electrons. The molecule has 2 rings (SSSR count). The molecular formula is C18H21Br2N. The molecule has 1 nitrogen and oxygen atoms in total. The summed E-state index contributed by atoms with van der Waals surface area (Å²) in [7, 11) is 0. The Bertz CT molecular complexity index is 627. The lowest BCUT2D eigenvalue weighted by molar-refractivity contribution is 0.622. The van der Waals surface area contributed by atoms with Gasteiger partial charge < -0.3 is 5.32 Å². The van der Waals surface area contributed by atoms with E-state index in [9.17, 15) is 0 Å². The number of aryl methyl sites for hydroxylation is 3. The molecule has 0 radical (unpaired) electrons. The molecule has 0 aromatic heterocycles. The van der Waals surface area contributed by atoms with Crippen molar-refractivity contribution in [3.05, 3.63) is 67.1 Å². The highest BCUT2D eigenvalue weighted by atomic mass is 79.9. The van der Waals surface area contributed by atoms with Crippen LogP contribution in [0.25, 0.3) is 0 Å². The maximum Gasteiger partial charge on any atom is 0.0593 e. The number of rotatable bonds is 4. The Labute approximate surface area is 144 Å². The third-order valence-electron chi connectivity index (χ3n) is 3.71. The van der Waals surface area contributed by atoms with E-state index < -0.39 is 0 Å². The number of hydrogen-bond donors (Lipinski definition) is 1. The van der Waals surface area contributed by atoms with Crippen molar-refractivity contribution in [1.82, 2.24) is 5.32 Å². The molecule has 0 aliphatic carbocycles. The van der Waals surface area contributed by atoms with Gasteiger partial charge in [0.05, 0.1) is 6.04 Å². The smallest absolute Gasteiger partial charge is 0.0593 e. The normalized spacial score (nSPS) is 12.5. The predicted octanol–water partition coefficient (Wildman–Crippen LogP) is 5.84. The molecule has 0 saturated carbocycles. The molecule has 0 aliphatic rings. The van der Waals surface area contributed by atoms with E-state index in [4.69, 9.17) is 0 Å². The van der Waals surface area contributed by atoms with E-state index in [1.54, 1.807) is 0 Å². The molecular weight excluding hydrogens is 390 g/mol. The van der Waals surface area contributed by atoms with Gasteiger partial charge in [0.25, 0.3) is 0 Å². The van der Waals surface area contributed by atoms with Crippen LogP contribution in [-0.4, -0.2) is 6.54 Å². The number of hydrogen-bond acceptors (Lipinski definition) is 1. The lowest BCUT2D eigenvalue weighted by Crippen LogP contribution is -2.24. The van der Waals surface area contributed by atoms with Gasteiger partial charge in [-0.05, 0) is 61.7 Å². The van der Waals surface area contributed by atoms with Crippen LogP contribution in [0.15, 0.2) is 39.3 Å². The molecule has 2 aromatic carbocycles. The van der Waals surface area contributed by atoms with Crippen molar-refractivity contribution < 1.29 is 0 Å². The first-order valence-corrected chi connectivity index (χ1v) is 8.78. The van der Waals surface area contributed by atoms with Crippen LogP contribution in [0.5, 0.6) is 0 Å². The first-order valence-electron chi connectivity index (χ1n) is 7.20. The lowest BCUT2D eigenvalue weighted by atomic mass is 9.90. The summed E-state index contributed by atoms with van der Waals surface area (Å²) in [4.78, 5) is 0. The van der Waals surface area contributed by atoms with Crippen LogP contribution in [0.3, 0.4) is 0 Å². The summed E-state index contributed by atoms with van der Waals surface area (Å²) >= 11 is 7.24. The largest absolute Gasteiger partial charge is 0.306 e. The van der Waals surface area contributed by atoms with Gasteiger partial charge in [-0.1, -0.05) is 62.5 Å². The summed E-state index contributed by atoms with van der Waals surface area (Å²) in [5.41, 5.74) is 6.65. The molecule has 3 heteroatoms. The van der Waals surface area contributed by atoms with Crippen LogP contribution in [-0.2, 0) is 0 Å². The Hall–Kier alpha value is -0.640. The molecule has 1 unspecified atom stereocenters. The summed E-state index contributed by atoms with van der Waals surface area (Å²) in [6.45, 7) is 9.64. The van der Waals surface area contributed by atoms with E-state index in [2.05, 4.69) is 95.2 Å². The van der Waals surface area contributed by atoms with Gasteiger partial charge in [0.1, 0.15) is 0 Å². The zero-order valence-electron chi connectivity index (χ0n) is 12.9. The van der Waals surface area contributed by atoms with E-state index in [1.165, 1.54) is 27.8 Å². The molecule has 0 heterocycles. The van der Waals surface area contributed by atoms with Crippen molar-refractivity contribution in [3.63, 3.8) is 0 Å². The molecule has 1 N–H and O–H groups in total. The number of halogens is 2. The highest BCUT2D eigenvalue weighted by Gasteiger charge is 2.20. The average molecular weight is 411 g/mol. The summed E-state index contributed by atoms with van der Waals surface area (Å²) in [6.07, 6.45) is 0. The molecule has 1 atom stereocenters. The fourth-order valence-corrected chi connectivity index (χ4v) is 4.23. The lowest BCUT2D eigenvalue weighted by Gasteiger charge is -2.24. The highest BCUT2D eigenvalue weighted by Crippen LogP contribution is 2.34. The number of nitrogens with one attached hydrogen (secondary N) is 1. The second-order valence-corrected chi connectivity index (χ2v) is 7.24. The van der Waals surface area contributed by atoms with Gasteiger partial charge in [0.2, 0.25) is 0 Å². The van der Waals surface area contributed by atoms with E-state index in [-0.39, 0.29) is 6.04 Å². The Morgan fingerprint density at radius 2 is 1.62 bits per heavy atom. The van der Waals surface area contributed by atoms with E-state index in [1.807, 2.05) is 0 Å². The van der Waals surface area contributed by atoms with Crippen LogP contribution in [0.4, 0.5) is 0 Å². The monoisotopic (exact) mass is 409 g/mol. The van der Waals surface area contributed by atoms with Crippen LogP contribution < -0.4 is 5.32 Å². The van der Waals surface area contributed by atoms with Gasteiger partial charge in [-0.15, -0.1) is 0 Å². The van der Waals surface area contributed by atoms with Crippen molar-refractivity contribution in [2.75, 3.05) is 6.54 Å². The van der Waals surface area contributed by atoms with Gasteiger partial charge in [-0.25, -0.2) is 0 Å². The minimum absolute atomic E-state index is 0.207. The molecule has 0 spiro atoms. The van der Waals surface area contributed by atoms with Crippen molar-refractivity contribution in [2.45, 2.75) is 33.7 Å².